The maximum atomic E-state index is 14.1. The van der Waals surface area contributed by atoms with Crippen LogP contribution in [0.4, 0.5) is 16.3 Å². The van der Waals surface area contributed by atoms with Gasteiger partial charge in [0.1, 0.15) is 23.6 Å². The van der Waals surface area contributed by atoms with Gasteiger partial charge in [0.15, 0.2) is 5.82 Å². The zero-order chi connectivity index (χ0) is 34.6. The Morgan fingerprint density at radius 1 is 0.958 bits per heavy atom. The number of carbonyl (C=O) groups is 3. The fourth-order valence-corrected chi connectivity index (χ4v) is 5.62. The van der Waals surface area contributed by atoms with E-state index in [-0.39, 0.29) is 18.9 Å². The third kappa shape index (κ3) is 7.91. The first-order valence-corrected chi connectivity index (χ1v) is 15.9. The van der Waals surface area contributed by atoms with Gasteiger partial charge in [-0.3, -0.25) is 4.79 Å². The Balaban J connectivity index is 1.43. The number of aromatic nitrogens is 4. The smallest absolute Gasteiger partial charge is 0.420 e. The van der Waals surface area contributed by atoms with E-state index in [2.05, 4.69) is 21.4 Å². The normalized spacial score (nSPS) is 16.1. The third-order valence-electron chi connectivity index (χ3n) is 7.67. The van der Waals surface area contributed by atoms with Crippen molar-refractivity contribution in [1.82, 2.24) is 24.4 Å². The van der Waals surface area contributed by atoms with Gasteiger partial charge < -0.3 is 24.3 Å². The summed E-state index contributed by atoms with van der Waals surface area (Å²) >= 11 is 0. The first-order valence-electron chi connectivity index (χ1n) is 15.9. The molecular weight excluding hydrogens is 610 g/mol. The zero-order valence-corrected chi connectivity index (χ0v) is 28.1. The molecule has 48 heavy (non-hydrogen) atoms. The number of carbonyl (C=O) groups excluding carboxylic acids is 3. The lowest BCUT2D eigenvalue weighted by atomic mass is 9.87. The number of fused-ring (bicyclic) bond motifs is 1. The molecule has 0 fully saturated rings. The summed E-state index contributed by atoms with van der Waals surface area (Å²) in [5.74, 6) is -1.51. The summed E-state index contributed by atoms with van der Waals surface area (Å²) in [4.78, 5) is 51.9. The number of anilines is 2. The van der Waals surface area contributed by atoms with Crippen molar-refractivity contribution in [2.45, 2.75) is 78.2 Å². The van der Waals surface area contributed by atoms with Crippen LogP contribution in [0.15, 0.2) is 73.4 Å². The van der Waals surface area contributed by atoms with Gasteiger partial charge >= 0.3 is 12.1 Å². The number of hydrogen-bond acceptors (Lipinski definition) is 9. The zero-order valence-electron chi connectivity index (χ0n) is 28.1. The fraction of sp³-hybridized carbons (Fsp3) is 0.389. The SMILES string of the molecule is CC(C)(C)OC(=O)C1[C@@H](C(=O)NCCc2cncn2Cc2ccc(C#N)cc2)Cc2c(ncn2C(=O)OC(C)(C)C)N1c1ccccc1. The monoisotopic (exact) mass is 651 g/mol. The Kier molecular flexibility index (Phi) is 9.70. The predicted molar refractivity (Wildman–Crippen MR) is 178 cm³/mol. The van der Waals surface area contributed by atoms with Gasteiger partial charge in [-0.25, -0.2) is 24.1 Å². The molecule has 12 nitrogen and oxygen atoms in total. The minimum atomic E-state index is -1.07. The van der Waals surface area contributed by atoms with E-state index in [9.17, 15) is 14.4 Å². The van der Waals surface area contributed by atoms with Crippen molar-refractivity contribution in [2.75, 3.05) is 11.4 Å². The number of imidazole rings is 2. The molecule has 0 saturated carbocycles. The van der Waals surface area contributed by atoms with Crippen LogP contribution in [0.2, 0.25) is 0 Å². The van der Waals surface area contributed by atoms with E-state index in [0.29, 0.717) is 35.7 Å². The summed E-state index contributed by atoms with van der Waals surface area (Å²) in [6.45, 7) is 11.5. The number of rotatable bonds is 8. The van der Waals surface area contributed by atoms with Gasteiger partial charge in [-0.2, -0.15) is 5.26 Å². The summed E-state index contributed by atoms with van der Waals surface area (Å²) in [5.41, 5.74) is 2.00. The summed E-state index contributed by atoms with van der Waals surface area (Å²) < 4.78 is 14.8. The van der Waals surface area contributed by atoms with E-state index in [1.54, 1.807) is 71.1 Å². The minimum Gasteiger partial charge on any atom is -0.458 e. The highest BCUT2D eigenvalue weighted by Crippen LogP contribution is 2.40. The van der Waals surface area contributed by atoms with Gasteiger partial charge in [0.25, 0.3) is 0 Å². The van der Waals surface area contributed by atoms with Gasteiger partial charge in [-0.15, -0.1) is 0 Å². The maximum absolute atomic E-state index is 14.1. The predicted octanol–water partition coefficient (Wildman–Crippen LogP) is 5.16. The second-order valence-electron chi connectivity index (χ2n) is 13.7. The second kappa shape index (κ2) is 13.7. The van der Waals surface area contributed by atoms with Crippen LogP contribution >= 0.6 is 0 Å². The van der Waals surface area contributed by atoms with Crippen molar-refractivity contribution < 1.29 is 23.9 Å². The van der Waals surface area contributed by atoms with Crippen molar-refractivity contribution in [1.29, 1.82) is 5.26 Å². The number of nitriles is 1. The van der Waals surface area contributed by atoms with E-state index < -0.39 is 35.2 Å². The molecule has 1 amide bonds. The molecule has 0 aliphatic carbocycles. The summed E-state index contributed by atoms with van der Waals surface area (Å²) in [5, 5.41) is 12.1. The molecule has 3 heterocycles. The fourth-order valence-electron chi connectivity index (χ4n) is 5.62. The highest BCUT2D eigenvalue weighted by atomic mass is 16.6. The van der Waals surface area contributed by atoms with Crippen LogP contribution in [0.1, 0.15) is 64.1 Å². The quantitative estimate of drug-likeness (QED) is 0.255. The highest BCUT2D eigenvalue weighted by molar-refractivity contribution is 5.94. The molecule has 5 rings (SSSR count). The van der Waals surface area contributed by atoms with E-state index in [1.807, 2.05) is 47.0 Å². The Hall–Kier alpha value is -5.44. The van der Waals surface area contributed by atoms with Crippen molar-refractivity contribution in [3.63, 3.8) is 0 Å². The topological polar surface area (TPSA) is 144 Å². The molecule has 2 aromatic carbocycles. The molecule has 0 saturated heterocycles. The van der Waals surface area contributed by atoms with Crippen LogP contribution < -0.4 is 10.2 Å². The largest absolute Gasteiger partial charge is 0.458 e. The molecule has 1 aliphatic heterocycles. The molecule has 2 atom stereocenters. The molecule has 1 unspecified atom stereocenters. The van der Waals surface area contributed by atoms with Crippen molar-refractivity contribution >= 4 is 29.5 Å². The number of ether oxygens (including phenoxy) is 2. The Labute approximate surface area is 280 Å². The number of para-hydroxylation sites is 1. The van der Waals surface area contributed by atoms with Crippen LogP contribution in [0.5, 0.6) is 0 Å². The molecular formula is C36H41N7O5. The Morgan fingerprint density at radius 3 is 2.29 bits per heavy atom. The van der Waals surface area contributed by atoms with Crippen molar-refractivity contribution in [3.05, 3.63) is 96.0 Å². The highest BCUT2D eigenvalue weighted by Gasteiger charge is 2.48. The summed E-state index contributed by atoms with van der Waals surface area (Å²) in [7, 11) is 0. The molecule has 250 valence electrons. The molecule has 1 N–H and O–H groups in total. The molecule has 12 heteroatoms. The molecule has 0 spiro atoms. The van der Waals surface area contributed by atoms with Crippen LogP contribution in [-0.2, 0) is 38.4 Å². The summed E-state index contributed by atoms with van der Waals surface area (Å²) in [6.07, 6.45) is 4.75. The molecule has 4 aromatic rings. The average Bonchev–Trinajstić information content (AvgIpc) is 3.66. The molecule has 0 bridgehead atoms. The van der Waals surface area contributed by atoms with Crippen molar-refractivity contribution in [3.8, 4) is 6.07 Å². The maximum Gasteiger partial charge on any atom is 0.420 e. The van der Waals surface area contributed by atoms with Gasteiger partial charge in [-0.1, -0.05) is 30.3 Å². The number of benzene rings is 2. The lowest BCUT2D eigenvalue weighted by molar-refractivity contribution is -0.159. The van der Waals surface area contributed by atoms with Gasteiger partial charge in [0.05, 0.1) is 29.6 Å². The summed E-state index contributed by atoms with van der Waals surface area (Å²) in [6, 6.07) is 17.6. The minimum absolute atomic E-state index is 0.0459. The van der Waals surface area contributed by atoms with Gasteiger partial charge in [0.2, 0.25) is 5.91 Å². The number of esters is 1. The Morgan fingerprint density at radius 2 is 1.65 bits per heavy atom. The van der Waals surface area contributed by atoms with E-state index >= 15 is 0 Å². The van der Waals surface area contributed by atoms with Gasteiger partial charge in [0, 0.05) is 43.5 Å². The third-order valence-corrected chi connectivity index (χ3v) is 7.67. The van der Waals surface area contributed by atoms with Crippen molar-refractivity contribution in [2.24, 2.45) is 5.92 Å². The second-order valence-corrected chi connectivity index (χ2v) is 13.7. The van der Waals surface area contributed by atoms with Crippen LogP contribution in [0, 0.1) is 17.2 Å². The number of nitrogens with one attached hydrogen (secondary N) is 1. The first-order chi connectivity index (χ1) is 22.7. The molecule has 1 aliphatic rings. The van der Waals surface area contributed by atoms with E-state index in [4.69, 9.17) is 14.7 Å². The van der Waals surface area contributed by atoms with E-state index in [0.717, 1.165) is 11.3 Å². The number of hydrogen-bond donors (Lipinski definition) is 1. The average molecular weight is 652 g/mol. The number of nitrogens with zero attached hydrogens (tertiary/aromatic N) is 6. The first kappa shape index (κ1) is 33.9. The number of amides is 1. The Bertz CT molecular complexity index is 1810. The lowest BCUT2D eigenvalue weighted by Gasteiger charge is -2.40. The van der Waals surface area contributed by atoms with Crippen LogP contribution in [-0.4, -0.2) is 60.9 Å². The van der Waals surface area contributed by atoms with Gasteiger partial charge in [-0.05, 0) is 71.4 Å². The van der Waals surface area contributed by atoms with Crippen LogP contribution in [0.3, 0.4) is 0 Å². The standard InChI is InChI=1S/C36H41N7O5/c1-35(2,3)47-33(45)30-28(32(44)39-17-16-27-20-38-22-41(27)21-25-14-12-24(19-37)13-15-25)18-29-31(43(30)26-10-8-7-9-11-26)40-23-42(29)34(46)48-36(4,5)6/h7-15,20,22-23,28,30H,16-18,21H2,1-6H3,(H,39,44)/t28-,30?/m0/s1. The lowest BCUT2D eigenvalue weighted by Crippen LogP contribution is -2.55. The van der Waals surface area contributed by atoms with Crippen LogP contribution in [0.25, 0.3) is 0 Å². The van der Waals surface area contributed by atoms with E-state index in [1.165, 1.54) is 10.9 Å². The molecule has 2 aromatic heterocycles. The molecule has 0 radical (unpaired) electrons.